The molecule has 2 rings (SSSR count). The second-order valence-electron chi connectivity index (χ2n) is 5.05. The standard InChI is InChI=1S/C16H17NO3/c1-10-6-7-13(5-4-8-18)9-14(10)17-15(19)11(2)12(3)16(17)20/h6-7,9,11-12,18H,8H2,1-3H3. The summed E-state index contributed by atoms with van der Waals surface area (Å²) in [4.78, 5) is 25.7. The first-order chi connectivity index (χ1) is 9.47. The van der Waals surface area contributed by atoms with E-state index in [1.54, 1.807) is 26.0 Å². The first-order valence-electron chi connectivity index (χ1n) is 6.55. The Balaban J connectivity index is 2.47. The molecule has 1 heterocycles. The molecular formula is C16H17NO3. The molecule has 2 atom stereocenters. The molecule has 1 fully saturated rings. The van der Waals surface area contributed by atoms with E-state index in [0.717, 1.165) is 5.56 Å². The highest BCUT2D eigenvalue weighted by atomic mass is 16.2. The summed E-state index contributed by atoms with van der Waals surface area (Å²) in [6, 6.07) is 5.35. The number of nitrogens with zero attached hydrogens (tertiary/aromatic N) is 1. The number of benzene rings is 1. The zero-order valence-electron chi connectivity index (χ0n) is 11.8. The fourth-order valence-electron chi connectivity index (χ4n) is 2.25. The van der Waals surface area contributed by atoms with Crippen molar-refractivity contribution in [1.29, 1.82) is 0 Å². The number of rotatable bonds is 1. The zero-order chi connectivity index (χ0) is 14.9. The van der Waals surface area contributed by atoms with Gasteiger partial charge in [-0.15, -0.1) is 0 Å². The summed E-state index contributed by atoms with van der Waals surface area (Å²) in [6.07, 6.45) is 0. The van der Waals surface area contributed by atoms with Crippen molar-refractivity contribution in [2.75, 3.05) is 11.5 Å². The second kappa shape index (κ2) is 5.48. The van der Waals surface area contributed by atoms with Gasteiger partial charge in [-0.25, -0.2) is 4.90 Å². The summed E-state index contributed by atoms with van der Waals surface area (Å²) in [7, 11) is 0. The number of aliphatic hydroxyl groups excluding tert-OH is 1. The van der Waals surface area contributed by atoms with E-state index in [4.69, 9.17) is 5.11 Å². The molecule has 104 valence electrons. The smallest absolute Gasteiger partial charge is 0.237 e. The number of imide groups is 1. The Morgan fingerprint density at radius 3 is 2.35 bits per heavy atom. The van der Waals surface area contributed by atoms with Gasteiger partial charge in [0.1, 0.15) is 6.61 Å². The molecule has 0 aromatic heterocycles. The molecule has 2 amide bonds. The molecule has 2 unspecified atom stereocenters. The third-order valence-corrected chi connectivity index (χ3v) is 3.73. The summed E-state index contributed by atoms with van der Waals surface area (Å²) in [5.74, 6) is 4.42. The van der Waals surface area contributed by atoms with Gasteiger partial charge >= 0.3 is 0 Å². The number of carbonyl (C=O) groups excluding carboxylic acids is 2. The van der Waals surface area contributed by atoms with Crippen LogP contribution in [0, 0.1) is 30.6 Å². The highest BCUT2D eigenvalue weighted by molar-refractivity contribution is 6.22. The van der Waals surface area contributed by atoms with Crippen LogP contribution in [-0.2, 0) is 9.59 Å². The minimum absolute atomic E-state index is 0.169. The van der Waals surface area contributed by atoms with Gasteiger partial charge in [-0.3, -0.25) is 9.59 Å². The van der Waals surface area contributed by atoms with Crippen LogP contribution in [0.2, 0.25) is 0 Å². The van der Waals surface area contributed by atoms with E-state index >= 15 is 0 Å². The molecule has 1 aliphatic heterocycles. The Bertz CT molecular complexity index is 604. The van der Waals surface area contributed by atoms with E-state index in [9.17, 15) is 9.59 Å². The Morgan fingerprint density at radius 2 is 1.80 bits per heavy atom. The third-order valence-electron chi connectivity index (χ3n) is 3.73. The van der Waals surface area contributed by atoms with Crippen LogP contribution in [0.15, 0.2) is 18.2 Å². The van der Waals surface area contributed by atoms with Crippen LogP contribution in [0.25, 0.3) is 0 Å². The van der Waals surface area contributed by atoms with Crippen LogP contribution in [-0.4, -0.2) is 23.5 Å². The maximum absolute atomic E-state index is 12.2. The van der Waals surface area contributed by atoms with E-state index in [-0.39, 0.29) is 30.3 Å². The van der Waals surface area contributed by atoms with Gasteiger partial charge in [0, 0.05) is 17.4 Å². The Morgan fingerprint density at radius 1 is 1.20 bits per heavy atom. The highest BCUT2D eigenvalue weighted by Gasteiger charge is 2.43. The quantitative estimate of drug-likeness (QED) is 0.622. The van der Waals surface area contributed by atoms with Crippen LogP contribution in [0.3, 0.4) is 0 Å². The van der Waals surface area contributed by atoms with Crippen molar-refractivity contribution in [3.63, 3.8) is 0 Å². The van der Waals surface area contributed by atoms with E-state index in [2.05, 4.69) is 11.8 Å². The minimum atomic E-state index is -0.297. The maximum Gasteiger partial charge on any atom is 0.237 e. The molecule has 4 heteroatoms. The number of amides is 2. The molecular weight excluding hydrogens is 254 g/mol. The first-order valence-corrected chi connectivity index (χ1v) is 6.55. The number of hydrogen-bond donors (Lipinski definition) is 1. The number of hydrogen-bond acceptors (Lipinski definition) is 3. The fraction of sp³-hybridized carbons (Fsp3) is 0.375. The molecule has 4 nitrogen and oxygen atoms in total. The summed E-state index contributed by atoms with van der Waals surface area (Å²) >= 11 is 0. The van der Waals surface area contributed by atoms with Crippen LogP contribution < -0.4 is 4.90 Å². The highest BCUT2D eigenvalue weighted by Crippen LogP contribution is 2.32. The van der Waals surface area contributed by atoms with Gasteiger partial charge in [-0.1, -0.05) is 31.8 Å². The number of anilines is 1. The Hall–Kier alpha value is -2.12. The summed E-state index contributed by atoms with van der Waals surface area (Å²) in [5, 5.41) is 8.72. The van der Waals surface area contributed by atoms with Crippen LogP contribution in [0.1, 0.15) is 25.0 Å². The summed E-state index contributed by atoms with van der Waals surface area (Å²) in [6.45, 7) is 5.18. The van der Waals surface area contributed by atoms with Crippen molar-refractivity contribution < 1.29 is 14.7 Å². The van der Waals surface area contributed by atoms with Gasteiger partial charge in [0.15, 0.2) is 0 Å². The lowest BCUT2D eigenvalue weighted by molar-refractivity contribution is -0.122. The van der Waals surface area contributed by atoms with E-state index < -0.39 is 0 Å². The normalized spacial score (nSPS) is 21.9. The van der Waals surface area contributed by atoms with Crippen LogP contribution >= 0.6 is 0 Å². The predicted octanol–water partition coefficient (Wildman–Crippen LogP) is 1.48. The van der Waals surface area contributed by atoms with Gasteiger partial charge in [0.25, 0.3) is 0 Å². The average Bonchev–Trinajstić information content (AvgIpc) is 2.63. The molecule has 0 spiro atoms. The van der Waals surface area contributed by atoms with Gasteiger partial charge < -0.3 is 5.11 Å². The molecule has 1 aromatic carbocycles. The largest absolute Gasteiger partial charge is 0.384 e. The van der Waals surface area contributed by atoms with Gasteiger partial charge in [0.05, 0.1) is 5.69 Å². The van der Waals surface area contributed by atoms with E-state index in [1.165, 1.54) is 4.90 Å². The monoisotopic (exact) mass is 271 g/mol. The summed E-state index contributed by atoms with van der Waals surface area (Å²) < 4.78 is 0. The van der Waals surface area contributed by atoms with E-state index in [1.807, 2.05) is 13.0 Å². The van der Waals surface area contributed by atoms with Gasteiger partial charge in [-0.05, 0) is 24.6 Å². The predicted molar refractivity (Wildman–Crippen MR) is 76.0 cm³/mol. The number of carbonyl (C=O) groups is 2. The second-order valence-corrected chi connectivity index (χ2v) is 5.05. The summed E-state index contributed by atoms with van der Waals surface area (Å²) in [5.41, 5.74) is 2.11. The molecule has 0 bridgehead atoms. The molecule has 0 aliphatic carbocycles. The van der Waals surface area contributed by atoms with Gasteiger partial charge in [-0.2, -0.15) is 0 Å². The molecule has 1 N–H and O–H groups in total. The van der Waals surface area contributed by atoms with Crippen molar-refractivity contribution in [2.45, 2.75) is 20.8 Å². The molecule has 1 aromatic rings. The van der Waals surface area contributed by atoms with Gasteiger partial charge in [0.2, 0.25) is 11.8 Å². The first kappa shape index (κ1) is 14.3. The zero-order valence-corrected chi connectivity index (χ0v) is 11.8. The van der Waals surface area contributed by atoms with Crippen LogP contribution in [0.4, 0.5) is 5.69 Å². The molecule has 1 saturated heterocycles. The van der Waals surface area contributed by atoms with E-state index in [0.29, 0.717) is 11.3 Å². The Kier molecular flexibility index (Phi) is 3.91. The van der Waals surface area contributed by atoms with Crippen molar-refractivity contribution in [1.82, 2.24) is 0 Å². The van der Waals surface area contributed by atoms with Crippen molar-refractivity contribution >= 4 is 17.5 Å². The van der Waals surface area contributed by atoms with Crippen LogP contribution in [0.5, 0.6) is 0 Å². The van der Waals surface area contributed by atoms with Crippen molar-refractivity contribution in [3.05, 3.63) is 29.3 Å². The Labute approximate surface area is 118 Å². The maximum atomic E-state index is 12.2. The number of aryl methyl sites for hydroxylation is 1. The lowest BCUT2D eigenvalue weighted by Gasteiger charge is -2.17. The molecule has 20 heavy (non-hydrogen) atoms. The third kappa shape index (κ3) is 2.33. The van der Waals surface area contributed by atoms with Crippen molar-refractivity contribution in [3.8, 4) is 11.8 Å². The lowest BCUT2D eigenvalue weighted by Crippen LogP contribution is -2.31. The SMILES string of the molecule is Cc1ccc(C#CCO)cc1N1C(=O)C(C)C(C)C1=O. The van der Waals surface area contributed by atoms with Crippen molar-refractivity contribution in [2.24, 2.45) is 11.8 Å². The molecule has 1 aliphatic rings. The molecule has 0 saturated carbocycles. The molecule has 0 radical (unpaired) electrons. The fourth-order valence-corrected chi connectivity index (χ4v) is 2.25. The average molecular weight is 271 g/mol. The number of aliphatic hydroxyl groups is 1. The lowest BCUT2D eigenvalue weighted by atomic mass is 10.00. The minimum Gasteiger partial charge on any atom is -0.384 e. The topological polar surface area (TPSA) is 57.6 Å².